The van der Waals surface area contributed by atoms with Crippen LogP contribution in [0.2, 0.25) is 0 Å². The van der Waals surface area contributed by atoms with Gasteiger partial charge in [0.25, 0.3) is 5.91 Å². The second kappa shape index (κ2) is 7.25. The highest BCUT2D eigenvalue weighted by Crippen LogP contribution is 2.34. The van der Waals surface area contributed by atoms with Crippen LogP contribution in [0.5, 0.6) is 0 Å². The van der Waals surface area contributed by atoms with Crippen molar-refractivity contribution in [3.05, 3.63) is 35.4 Å². The van der Waals surface area contributed by atoms with E-state index in [9.17, 15) is 4.79 Å². The Bertz CT molecular complexity index is 490. The van der Waals surface area contributed by atoms with E-state index >= 15 is 0 Å². The largest absolute Gasteiger partial charge is 0.380 e. The van der Waals surface area contributed by atoms with Gasteiger partial charge < -0.3 is 14.8 Å². The summed E-state index contributed by atoms with van der Waals surface area (Å²) in [4.78, 5) is 12.2. The van der Waals surface area contributed by atoms with Crippen LogP contribution >= 0.6 is 0 Å². The summed E-state index contributed by atoms with van der Waals surface area (Å²) < 4.78 is 10.9. The lowest BCUT2D eigenvalue weighted by Gasteiger charge is -2.31. The number of methoxy groups -OCH3 is 1. The molecule has 1 aromatic carbocycles. The van der Waals surface area contributed by atoms with E-state index in [4.69, 9.17) is 9.47 Å². The number of carbonyl (C=O) groups excluding carboxylic acids is 1. The summed E-state index contributed by atoms with van der Waals surface area (Å²) in [5.74, 6) is 0.361. The van der Waals surface area contributed by atoms with Crippen molar-refractivity contribution in [2.45, 2.75) is 39.9 Å². The third kappa shape index (κ3) is 4.31. The zero-order valence-corrected chi connectivity index (χ0v) is 14.0. The Morgan fingerprint density at radius 3 is 2.59 bits per heavy atom. The zero-order valence-electron chi connectivity index (χ0n) is 14.0. The molecule has 0 saturated carbocycles. The minimum absolute atomic E-state index is 0.0245. The molecule has 1 aliphatic heterocycles. The molecule has 1 fully saturated rings. The van der Waals surface area contributed by atoms with Gasteiger partial charge in [-0.05, 0) is 29.5 Å². The maximum Gasteiger partial charge on any atom is 0.251 e. The summed E-state index contributed by atoms with van der Waals surface area (Å²) in [5, 5.41) is 3.04. The zero-order chi connectivity index (χ0) is 16.2. The molecular formula is C18H27NO3. The molecule has 1 N–H and O–H groups in total. The minimum Gasteiger partial charge on any atom is -0.380 e. The molecule has 1 heterocycles. The average Bonchev–Trinajstić information content (AvgIpc) is 2.94. The van der Waals surface area contributed by atoms with Gasteiger partial charge in [-0.1, -0.05) is 32.9 Å². The molecule has 0 radical (unpaired) electrons. The van der Waals surface area contributed by atoms with Gasteiger partial charge >= 0.3 is 0 Å². The maximum absolute atomic E-state index is 12.2. The highest BCUT2D eigenvalue weighted by molar-refractivity contribution is 5.94. The molecule has 2 rings (SSSR count). The van der Waals surface area contributed by atoms with Gasteiger partial charge in [0.1, 0.15) is 0 Å². The molecular weight excluding hydrogens is 278 g/mol. The first kappa shape index (κ1) is 17.0. The standard InChI is InChI=1S/C18H27NO3/c1-18(2,3)16-15(9-10-22-16)11-19-17(20)14-7-5-13(6-8-14)12-21-4/h5-8,15-16H,9-12H2,1-4H3,(H,19,20)/t15-,16+/m1/s1. The van der Waals surface area contributed by atoms with Crippen LogP contribution in [-0.4, -0.2) is 32.3 Å². The van der Waals surface area contributed by atoms with Crippen molar-refractivity contribution in [2.24, 2.45) is 11.3 Å². The summed E-state index contributed by atoms with van der Waals surface area (Å²) in [7, 11) is 1.66. The SMILES string of the molecule is COCc1ccc(C(=O)NC[C@H]2CCO[C@@H]2C(C)(C)C)cc1. The Morgan fingerprint density at radius 1 is 1.32 bits per heavy atom. The number of ether oxygens (including phenoxy) is 2. The Morgan fingerprint density at radius 2 is 2.00 bits per heavy atom. The predicted octanol–water partition coefficient (Wildman–Crippen LogP) is 3.01. The van der Waals surface area contributed by atoms with E-state index in [0.717, 1.165) is 18.6 Å². The Balaban J connectivity index is 1.89. The third-order valence-electron chi connectivity index (χ3n) is 4.12. The molecule has 2 atom stereocenters. The molecule has 122 valence electrons. The van der Waals surface area contributed by atoms with Gasteiger partial charge in [-0.25, -0.2) is 0 Å². The fraction of sp³-hybridized carbons (Fsp3) is 0.611. The number of carbonyl (C=O) groups is 1. The number of nitrogens with one attached hydrogen (secondary N) is 1. The van der Waals surface area contributed by atoms with Crippen molar-refractivity contribution in [1.82, 2.24) is 5.32 Å². The maximum atomic E-state index is 12.2. The Kier molecular flexibility index (Phi) is 5.59. The van der Waals surface area contributed by atoms with E-state index in [1.54, 1.807) is 7.11 Å². The first-order valence-electron chi connectivity index (χ1n) is 7.89. The fourth-order valence-corrected chi connectivity index (χ4v) is 3.04. The molecule has 22 heavy (non-hydrogen) atoms. The van der Waals surface area contributed by atoms with E-state index in [0.29, 0.717) is 24.6 Å². The normalized spacial score (nSPS) is 21.8. The molecule has 1 aromatic rings. The van der Waals surface area contributed by atoms with Crippen molar-refractivity contribution < 1.29 is 14.3 Å². The number of hydrogen-bond donors (Lipinski definition) is 1. The van der Waals surface area contributed by atoms with Crippen LogP contribution < -0.4 is 5.32 Å². The van der Waals surface area contributed by atoms with Crippen LogP contribution in [0.1, 0.15) is 43.1 Å². The number of benzene rings is 1. The lowest BCUT2D eigenvalue weighted by Crippen LogP contribution is -2.38. The van der Waals surface area contributed by atoms with Gasteiger partial charge in [0.15, 0.2) is 0 Å². The molecule has 0 spiro atoms. The number of hydrogen-bond acceptors (Lipinski definition) is 3. The highest BCUT2D eigenvalue weighted by Gasteiger charge is 2.37. The number of amides is 1. The monoisotopic (exact) mass is 305 g/mol. The molecule has 0 aromatic heterocycles. The average molecular weight is 305 g/mol. The van der Waals surface area contributed by atoms with Crippen molar-refractivity contribution in [2.75, 3.05) is 20.3 Å². The van der Waals surface area contributed by atoms with E-state index in [1.807, 2.05) is 24.3 Å². The van der Waals surface area contributed by atoms with Crippen LogP contribution in [0.4, 0.5) is 0 Å². The summed E-state index contributed by atoms with van der Waals surface area (Å²) in [5.41, 5.74) is 1.86. The molecule has 4 nitrogen and oxygen atoms in total. The van der Waals surface area contributed by atoms with Crippen LogP contribution in [0.25, 0.3) is 0 Å². The second-order valence-electron chi connectivity index (χ2n) is 7.05. The molecule has 4 heteroatoms. The van der Waals surface area contributed by atoms with Gasteiger partial charge in [-0.2, -0.15) is 0 Å². The first-order chi connectivity index (χ1) is 10.4. The van der Waals surface area contributed by atoms with Crippen molar-refractivity contribution in [3.63, 3.8) is 0 Å². The topological polar surface area (TPSA) is 47.6 Å². The number of rotatable bonds is 5. The predicted molar refractivity (Wildman–Crippen MR) is 86.8 cm³/mol. The van der Waals surface area contributed by atoms with Crippen LogP contribution in [-0.2, 0) is 16.1 Å². The Hall–Kier alpha value is -1.39. The summed E-state index contributed by atoms with van der Waals surface area (Å²) in [6.07, 6.45) is 1.21. The third-order valence-corrected chi connectivity index (χ3v) is 4.12. The van der Waals surface area contributed by atoms with Gasteiger partial charge in [0.2, 0.25) is 0 Å². The molecule has 1 saturated heterocycles. The van der Waals surface area contributed by atoms with E-state index in [2.05, 4.69) is 26.1 Å². The van der Waals surface area contributed by atoms with Gasteiger partial charge in [0.05, 0.1) is 12.7 Å². The molecule has 1 amide bonds. The van der Waals surface area contributed by atoms with Gasteiger partial charge in [-0.3, -0.25) is 4.79 Å². The van der Waals surface area contributed by atoms with Crippen molar-refractivity contribution >= 4 is 5.91 Å². The van der Waals surface area contributed by atoms with E-state index < -0.39 is 0 Å². The van der Waals surface area contributed by atoms with Crippen LogP contribution in [0.15, 0.2) is 24.3 Å². The minimum atomic E-state index is -0.0245. The second-order valence-corrected chi connectivity index (χ2v) is 7.05. The summed E-state index contributed by atoms with van der Waals surface area (Å²) in [6, 6.07) is 7.54. The highest BCUT2D eigenvalue weighted by atomic mass is 16.5. The molecule has 1 aliphatic rings. The lowest BCUT2D eigenvalue weighted by atomic mass is 9.81. The van der Waals surface area contributed by atoms with Crippen molar-refractivity contribution in [1.29, 1.82) is 0 Å². The lowest BCUT2D eigenvalue weighted by molar-refractivity contribution is 0.00737. The van der Waals surface area contributed by atoms with E-state index in [1.165, 1.54) is 0 Å². The fourth-order valence-electron chi connectivity index (χ4n) is 3.04. The van der Waals surface area contributed by atoms with Crippen molar-refractivity contribution in [3.8, 4) is 0 Å². The van der Waals surface area contributed by atoms with E-state index in [-0.39, 0.29) is 17.4 Å². The van der Waals surface area contributed by atoms with Gasteiger partial charge in [-0.15, -0.1) is 0 Å². The first-order valence-corrected chi connectivity index (χ1v) is 7.89. The Labute approximate surface area is 133 Å². The van der Waals surface area contributed by atoms with Gasteiger partial charge in [0, 0.05) is 31.7 Å². The van der Waals surface area contributed by atoms with Crippen LogP contribution in [0, 0.1) is 11.3 Å². The molecule has 0 aliphatic carbocycles. The smallest absolute Gasteiger partial charge is 0.251 e. The molecule has 0 bridgehead atoms. The summed E-state index contributed by atoms with van der Waals surface area (Å²) in [6.45, 7) is 8.58. The quantitative estimate of drug-likeness (QED) is 0.909. The summed E-state index contributed by atoms with van der Waals surface area (Å²) >= 11 is 0. The van der Waals surface area contributed by atoms with Crippen LogP contribution in [0.3, 0.4) is 0 Å². The molecule has 0 unspecified atom stereocenters.